The summed E-state index contributed by atoms with van der Waals surface area (Å²) in [7, 11) is -3.49. The third-order valence-corrected chi connectivity index (χ3v) is 8.48. The average Bonchev–Trinajstić information content (AvgIpc) is 3.23. The molecule has 0 aliphatic carbocycles. The Bertz CT molecular complexity index is 1090. The third-order valence-electron chi connectivity index (χ3n) is 4.49. The first-order valence-electron chi connectivity index (χ1n) is 8.12. The first-order valence-corrected chi connectivity index (χ1v) is 11.2. The van der Waals surface area contributed by atoms with Crippen LogP contribution in [0.15, 0.2) is 38.6 Å². The fourth-order valence-electron chi connectivity index (χ4n) is 3.06. The molecule has 6 nitrogen and oxygen atoms in total. The average molecular weight is 477 g/mol. The van der Waals surface area contributed by atoms with Crippen molar-refractivity contribution in [1.82, 2.24) is 18.8 Å². The summed E-state index contributed by atoms with van der Waals surface area (Å²) in [5, 5.41) is 0. The number of thiophene rings is 1. The molecule has 2 aromatic heterocycles. The Labute approximate surface area is 167 Å². The molecule has 3 aromatic rings. The summed E-state index contributed by atoms with van der Waals surface area (Å²) in [6.45, 7) is 2.24. The molecule has 1 aliphatic rings. The van der Waals surface area contributed by atoms with Gasteiger partial charge in [-0.15, -0.1) is 11.3 Å². The van der Waals surface area contributed by atoms with Gasteiger partial charge >= 0.3 is 0 Å². The van der Waals surface area contributed by atoms with E-state index < -0.39 is 21.7 Å². The van der Waals surface area contributed by atoms with Crippen molar-refractivity contribution in [2.24, 2.45) is 0 Å². The highest BCUT2D eigenvalue weighted by Gasteiger charge is 2.29. The number of halogens is 3. The second-order valence-electron chi connectivity index (χ2n) is 6.19. The minimum Gasteiger partial charge on any atom is -0.317 e. The maximum absolute atomic E-state index is 13.5. The molecule has 0 atom stereocenters. The number of sulfonamides is 1. The van der Waals surface area contributed by atoms with Gasteiger partial charge in [-0.05, 0) is 28.1 Å². The summed E-state index contributed by atoms with van der Waals surface area (Å²) in [5.41, 5.74) is 0.894. The third kappa shape index (κ3) is 3.66. The van der Waals surface area contributed by atoms with Crippen LogP contribution in [0, 0.1) is 11.6 Å². The first kappa shape index (κ1) is 18.9. The lowest BCUT2D eigenvalue weighted by Gasteiger charge is -2.33. The lowest BCUT2D eigenvalue weighted by atomic mass is 10.3. The number of piperazine rings is 1. The number of fused-ring (bicyclic) bond motifs is 1. The molecule has 11 heteroatoms. The normalized spacial score (nSPS) is 17.0. The van der Waals surface area contributed by atoms with Crippen LogP contribution in [0.25, 0.3) is 11.0 Å². The number of nitrogens with zero attached hydrogens (tertiary/aromatic N) is 4. The Balaban J connectivity index is 1.45. The fraction of sp³-hybridized carbons (Fsp3) is 0.312. The summed E-state index contributed by atoms with van der Waals surface area (Å²) in [5.74, 6) is -1.84. The van der Waals surface area contributed by atoms with Gasteiger partial charge in [-0.25, -0.2) is 22.2 Å². The van der Waals surface area contributed by atoms with Crippen LogP contribution in [0.2, 0.25) is 0 Å². The number of rotatable bonds is 4. The molecule has 0 unspecified atom stereocenters. The monoisotopic (exact) mass is 476 g/mol. The van der Waals surface area contributed by atoms with E-state index in [0.717, 1.165) is 15.9 Å². The molecule has 0 N–H and O–H groups in total. The van der Waals surface area contributed by atoms with E-state index in [0.29, 0.717) is 48.1 Å². The highest BCUT2D eigenvalue weighted by atomic mass is 79.9. The summed E-state index contributed by atoms with van der Waals surface area (Å²) in [4.78, 5) is 6.16. The SMILES string of the molecule is O=S(=O)(c1ccc(Br)s1)N1CCN(Cn2cnc3cc(F)c(F)cc32)CC1. The molecule has 1 fully saturated rings. The summed E-state index contributed by atoms with van der Waals surface area (Å²) >= 11 is 4.48. The van der Waals surface area contributed by atoms with Crippen molar-refractivity contribution in [1.29, 1.82) is 0 Å². The van der Waals surface area contributed by atoms with E-state index in [1.54, 1.807) is 16.7 Å². The second kappa shape index (κ2) is 7.21. The molecule has 0 spiro atoms. The van der Waals surface area contributed by atoms with Gasteiger partial charge in [0.15, 0.2) is 11.6 Å². The van der Waals surface area contributed by atoms with E-state index in [2.05, 4.69) is 25.8 Å². The molecule has 0 amide bonds. The molecule has 144 valence electrons. The maximum Gasteiger partial charge on any atom is 0.252 e. The van der Waals surface area contributed by atoms with Crippen LogP contribution >= 0.6 is 27.3 Å². The fourth-order valence-corrected chi connectivity index (χ4v) is 6.64. The molecular formula is C16H15BrF2N4O2S2. The van der Waals surface area contributed by atoms with Gasteiger partial charge in [0.2, 0.25) is 0 Å². The summed E-state index contributed by atoms with van der Waals surface area (Å²) in [6, 6.07) is 5.53. The molecule has 4 rings (SSSR count). The Kier molecular flexibility index (Phi) is 5.06. The van der Waals surface area contributed by atoms with Crippen LogP contribution in [-0.2, 0) is 16.7 Å². The minimum atomic E-state index is -3.49. The highest BCUT2D eigenvalue weighted by Crippen LogP contribution is 2.29. The predicted octanol–water partition coefficient (Wildman–Crippen LogP) is 3.10. The van der Waals surface area contributed by atoms with Gasteiger partial charge in [0.25, 0.3) is 10.0 Å². The largest absolute Gasteiger partial charge is 0.317 e. The van der Waals surface area contributed by atoms with Gasteiger partial charge in [0, 0.05) is 38.3 Å². The number of hydrogen-bond donors (Lipinski definition) is 0. The topological polar surface area (TPSA) is 58.4 Å². The first-order chi connectivity index (χ1) is 12.8. The van der Waals surface area contributed by atoms with Crippen molar-refractivity contribution in [2.75, 3.05) is 26.2 Å². The van der Waals surface area contributed by atoms with Gasteiger partial charge in [-0.3, -0.25) is 4.90 Å². The van der Waals surface area contributed by atoms with Gasteiger partial charge < -0.3 is 4.57 Å². The Morgan fingerprint density at radius 1 is 1.11 bits per heavy atom. The van der Waals surface area contributed by atoms with E-state index in [9.17, 15) is 17.2 Å². The lowest BCUT2D eigenvalue weighted by molar-refractivity contribution is 0.154. The molecule has 0 saturated carbocycles. The Hall–Kier alpha value is -1.40. The molecule has 1 aromatic carbocycles. The minimum absolute atomic E-state index is 0.320. The van der Waals surface area contributed by atoms with E-state index in [-0.39, 0.29) is 0 Å². The smallest absolute Gasteiger partial charge is 0.252 e. The number of aromatic nitrogens is 2. The van der Waals surface area contributed by atoms with Crippen LogP contribution < -0.4 is 0 Å². The number of hydrogen-bond acceptors (Lipinski definition) is 5. The quantitative estimate of drug-likeness (QED) is 0.580. The zero-order valence-corrected chi connectivity index (χ0v) is 17.2. The van der Waals surface area contributed by atoms with Crippen molar-refractivity contribution in [2.45, 2.75) is 10.9 Å². The van der Waals surface area contributed by atoms with Crippen molar-refractivity contribution in [3.63, 3.8) is 0 Å². The van der Waals surface area contributed by atoms with E-state index in [1.807, 2.05) is 0 Å². The lowest BCUT2D eigenvalue weighted by Crippen LogP contribution is -2.48. The number of benzene rings is 1. The molecule has 27 heavy (non-hydrogen) atoms. The van der Waals surface area contributed by atoms with Crippen LogP contribution in [-0.4, -0.2) is 53.4 Å². The van der Waals surface area contributed by atoms with Crippen molar-refractivity contribution < 1.29 is 17.2 Å². The zero-order chi connectivity index (χ0) is 19.2. The maximum atomic E-state index is 13.5. The predicted molar refractivity (Wildman–Crippen MR) is 102 cm³/mol. The number of imidazole rings is 1. The summed E-state index contributed by atoms with van der Waals surface area (Å²) < 4.78 is 56.5. The van der Waals surface area contributed by atoms with Gasteiger partial charge in [-0.1, -0.05) is 0 Å². The molecular weight excluding hydrogens is 462 g/mol. The highest BCUT2D eigenvalue weighted by molar-refractivity contribution is 9.11. The molecule has 1 saturated heterocycles. The molecule has 1 aliphatic heterocycles. The van der Waals surface area contributed by atoms with Crippen LogP contribution in [0.3, 0.4) is 0 Å². The summed E-state index contributed by atoms with van der Waals surface area (Å²) in [6.07, 6.45) is 1.54. The molecule has 3 heterocycles. The van der Waals surface area contributed by atoms with Crippen molar-refractivity contribution in [3.05, 3.63) is 46.0 Å². The Morgan fingerprint density at radius 3 is 2.48 bits per heavy atom. The standard InChI is InChI=1S/C16H15BrF2N4O2S2/c17-15-1-2-16(26-15)27(24,25)23-5-3-21(4-6-23)10-22-9-20-13-7-11(18)12(19)8-14(13)22/h1-2,7-9H,3-6,10H2. The van der Waals surface area contributed by atoms with Gasteiger partial charge in [0.05, 0.1) is 27.8 Å². The van der Waals surface area contributed by atoms with E-state index >= 15 is 0 Å². The van der Waals surface area contributed by atoms with Crippen molar-refractivity contribution in [3.8, 4) is 0 Å². The van der Waals surface area contributed by atoms with Crippen LogP contribution in [0.1, 0.15) is 0 Å². The molecule has 0 radical (unpaired) electrons. The zero-order valence-electron chi connectivity index (χ0n) is 14.0. The van der Waals surface area contributed by atoms with Crippen LogP contribution in [0.4, 0.5) is 8.78 Å². The second-order valence-corrected chi connectivity index (χ2v) is 10.8. The molecule has 0 bridgehead atoms. The Morgan fingerprint density at radius 2 is 1.81 bits per heavy atom. The van der Waals surface area contributed by atoms with Crippen LogP contribution in [0.5, 0.6) is 0 Å². The van der Waals surface area contributed by atoms with E-state index in [4.69, 9.17) is 0 Å². The van der Waals surface area contributed by atoms with Crippen molar-refractivity contribution >= 4 is 48.3 Å². The van der Waals surface area contributed by atoms with Gasteiger partial charge in [0.1, 0.15) is 4.21 Å². The van der Waals surface area contributed by atoms with E-state index in [1.165, 1.54) is 22.0 Å². The van der Waals surface area contributed by atoms with Gasteiger partial charge in [-0.2, -0.15) is 4.31 Å².